The summed E-state index contributed by atoms with van der Waals surface area (Å²) in [6.45, 7) is 0. The lowest BCUT2D eigenvalue weighted by Crippen LogP contribution is -1.81. The van der Waals surface area contributed by atoms with Crippen molar-refractivity contribution < 1.29 is 0 Å². The van der Waals surface area contributed by atoms with Crippen molar-refractivity contribution in [1.82, 2.24) is 9.97 Å². The van der Waals surface area contributed by atoms with Gasteiger partial charge in [0.05, 0.1) is 0 Å². The van der Waals surface area contributed by atoms with E-state index in [4.69, 9.17) is 0 Å². The molecule has 0 aliphatic rings. The zero-order valence-corrected chi connectivity index (χ0v) is 8.66. The molecule has 0 radical (unpaired) electrons. The maximum absolute atomic E-state index is 3.99. The van der Waals surface area contributed by atoms with Gasteiger partial charge in [-0.2, -0.15) is 0 Å². The van der Waals surface area contributed by atoms with E-state index in [9.17, 15) is 0 Å². The van der Waals surface area contributed by atoms with E-state index in [2.05, 4.69) is 40.5 Å². The molecule has 1 aromatic heterocycles. The van der Waals surface area contributed by atoms with Gasteiger partial charge in [0.15, 0.2) is 0 Å². The van der Waals surface area contributed by atoms with Gasteiger partial charge in [-0.05, 0) is 24.0 Å². The number of aromatic nitrogens is 2. The molecule has 3 heteroatoms. The molecule has 2 rings (SSSR count). The molecule has 0 aliphatic carbocycles. The summed E-state index contributed by atoms with van der Waals surface area (Å²) in [5.74, 6) is 0. The SMILES string of the molecule is CSc1ccc(-c2cncnc2)cc1. The summed E-state index contributed by atoms with van der Waals surface area (Å²) in [6.07, 6.45) is 7.25. The fraction of sp³-hybridized carbons (Fsp3) is 0.0909. The summed E-state index contributed by atoms with van der Waals surface area (Å²) >= 11 is 1.74. The Morgan fingerprint density at radius 3 is 2.14 bits per heavy atom. The summed E-state index contributed by atoms with van der Waals surface area (Å²) < 4.78 is 0. The lowest BCUT2D eigenvalue weighted by molar-refractivity contribution is 1.17. The summed E-state index contributed by atoms with van der Waals surface area (Å²) in [7, 11) is 0. The average Bonchev–Trinajstić information content (AvgIpc) is 2.30. The number of thioether (sulfide) groups is 1. The van der Waals surface area contributed by atoms with E-state index >= 15 is 0 Å². The standard InChI is InChI=1S/C11H10N2S/c1-14-11-4-2-9(3-5-11)10-6-12-8-13-7-10/h2-8H,1H3. The van der Waals surface area contributed by atoms with E-state index in [0.717, 1.165) is 11.1 Å². The van der Waals surface area contributed by atoms with Gasteiger partial charge in [-0.25, -0.2) is 9.97 Å². The van der Waals surface area contributed by atoms with Crippen LogP contribution in [0.2, 0.25) is 0 Å². The quantitative estimate of drug-likeness (QED) is 0.700. The van der Waals surface area contributed by atoms with E-state index in [1.54, 1.807) is 18.1 Å². The number of rotatable bonds is 2. The van der Waals surface area contributed by atoms with Crippen molar-refractivity contribution in [2.24, 2.45) is 0 Å². The number of hydrogen-bond donors (Lipinski definition) is 0. The first-order chi connectivity index (χ1) is 6.90. The topological polar surface area (TPSA) is 25.8 Å². The Labute approximate surface area is 87.4 Å². The molecule has 0 amide bonds. The van der Waals surface area contributed by atoms with E-state index in [1.165, 1.54) is 4.90 Å². The molecule has 0 atom stereocenters. The second-order valence-corrected chi connectivity index (χ2v) is 3.74. The number of hydrogen-bond acceptors (Lipinski definition) is 3. The predicted molar refractivity (Wildman–Crippen MR) is 59.2 cm³/mol. The van der Waals surface area contributed by atoms with Gasteiger partial charge in [-0.15, -0.1) is 11.8 Å². The minimum atomic E-state index is 1.06. The normalized spacial score (nSPS) is 10.1. The molecule has 2 aromatic rings. The van der Waals surface area contributed by atoms with Crippen LogP contribution in [0.4, 0.5) is 0 Å². The van der Waals surface area contributed by atoms with Crippen molar-refractivity contribution in [2.75, 3.05) is 6.26 Å². The van der Waals surface area contributed by atoms with Gasteiger partial charge in [0.1, 0.15) is 6.33 Å². The highest BCUT2D eigenvalue weighted by molar-refractivity contribution is 7.98. The van der Waals surface area contributed by atoms with Gasteiger partial charge in [0.25, 0.3) is 0 Å². The van der Waals surface area contributed by atoms with Crippen molar-refractivity contribution in [2.45, 2.75) is 4.90 Å². The van der Waals surface area contributed by atoms with E-state index in [1.807, 2.05) is 12.4 Å². The van der Waals surface area contributed by atoms with Crippen LogP contribution in [-0.2, 0) is 0 Å². The third kappa shape index (κ3) is 1.93. The third-order valence-corrected chi connectivity index (χ3v) is 2.73. The van der Waals surface area contributed by atoms with Gasteiger partial charge in [0, 0.05) is 22.9 Å². The Kier molecular flexibility index (Phi) is 2.79. The van der Waals surface area contributed by atoms with Gasteiger partial charge in [-0.3, -0.25) is 0 Å². The van der Waals surface area contributed by atoms with Crippen LogP contribution < -0.4 is 0 Å². The molecule has 1 aromatic carbocycles. The summed E-state index contributed by atoms with van der Waals surface area (Å²) in [4.78, 5) is 9.24. The fourth-order valence-corrected chi connectivity index (χ4v) is 1.64. The highest BCUT2D eigenvalue weighted by Crippen LogP contribution is 2.21. The van der Waals surface area contributed by atoms with Crippen molar-refractivity contribution >= 4 is 11.8 Å². The van der Waals surface area contributed by atoms with Crippen molar-refractivity contribution in [1.29, 1.82) is 0 Å². The summed E-state index contributed by atoms with van der Waals surface area (Å²) in [5.41, 5.74) is 2.21. The van der Waals surface area contributed by atoms with Crippen molar-refractivity contribution in [3.05, 3.63) is 43.0 Å². The summed E-state index contributed by atoms with van der Waals surface area (Å²) in [5, 5.41) is 0. The second-order valence-electron chi connectivity index (χ2n) is 2.86. The Balaban J connectivity index is 2.34. The van der Waals surface area contributed by atoms with Crippen LogP contribution in [-0.4, -0.2) is 16.2 Å². The average molecular weight is 202 g/mol. The third-order valence-electron chi connectivity index (χ3n) is 1.98. The van der Waals surface area contributed by atoms with Crippen LogP contribution in [0.5, 0.6) is 0 Å². The minimum Gasteiger partial charge on any atom is -0.244 e. The van der Waals surface area contributed by atoms with Crippen molar-refractivity contribution in [3.63, 3.8) is 0 Å². The van der Waals surface area contributed by atoms with Gasteiger partial charge in [0.2, 0.25) is 0 Å². The molecule has 0 bridgehead atoms. The van der Waals surface area contributed by atoms with Crippen LogP contribution in [0.1, 0.15) is 0 Å². The molecule has 2 nitrogen and oxygen atoms in total. The van der Waals surface area contributed by atoms with Crippen LogP contribution in [0, 0.1) is 0 Å². The Hall–Kier alpha value is -1.35. The van der Waals surface area contributed by atoms with Gasteiger partial charge in [-0.1, -0.05) is 12.1 Å². The maximum Gasteiger partial charge on any atom is 0.115 e. The van der Waals surface area contributed by atoms with Crippen LogP contribution >= 0.6 is 11.8 Å². The summed E-state index contributed by atoms with van der Waals surface area (Å²) in [6, 6.07) is 8.38. The minimum absolute atomic E-state index is 1.06. The van der Waals surface area contributed by atoms with Crippen LogP contribution in [0.3, 0.4) is 0 Å². The van der Waals surface area contributed by atoms with E-state index < -0.39 is 0 Å². The molecule has 0 N–H and O–H groups in total. The molecular weight excluding hydrogens is 192 g/mol. The second kappa shape index (κ2) is 4.24. The van der Waals surface area contributed by atoms with Crippen LogP contribution in [0.15, 0.2) is 47.9 Å². The highest BCUT2D eigenvalue weighted by atomic mass is 32.2. The molecule has 70 valence electrons. The first-order valence-electron chi connectivity index (χ1n) is 4.29. The highest BCUT2D eigenvalue weighted by Gasteiger charge is 1.96. The van der Waals surface area contributed by atoms with Gasteiger partial charge < -0.3 is 0 Å². The largest absolute Gasteiger partial charge is 0.244 e. The lowest BCUT2D eigenvalue weighted by Gasteiger charge is -2.00. The molecule has 14 heavy (non-hydrogen) atoms. The molecule has 0 unspecified atom stereocenters. The molecule has 0 aliphatic heterocycles. The van der Waals surface area contributed by atoms with E-state index in [0.29, 0.717) is 0 Å². The molecule has 0 spiro atoms. The first kappa shape index (κ1) is 9.21. The maximum atomic E-state index is 3.99. The smallest absolute Gasteiger partial charge is 0.115 e. The van der Waals surface area contributed by atoms with Gasteiger partial charge >= 0.3 is 0 Å². The molecule has 0 saturated carbocycles. The predicted octanol–water partition coefficient (Wildman–Crippen LogP) is 2.87. The fourth-order valence-electron chi connectivity index (χ4n) is 1.23. The monoisotopic (exact) mass is 202 g/mol. The Morgan fingerprint density at radius 2 is 1.57 bits per heavy atom. The zero-order valence-electron chi connectivity index (χ0n) is 7.84. The first-order valence-corrected chi connectivity index (χ1v) is 5.52. The Morgan fingerprint density at radius 1 is 0.929 bits per heavy atom. The molecular formula is C11H10N2S. The van der Waals surface area contributed by atoms with Crippen molar-refractivity contribution in [3.8, 4) is 11.1 Å². The molecule has 1 heterocycles. The molecule has 0 saturated heterocycles. The number of nitrogens with zero attached hydrogens (tertiary/aromatic N) is 2. The zero-order chi connectivity index (χ0) is 9.80. The Bertz CT molecular complexity index is 397. The van der Waals surface area contributed by atoms with Crippen LogP contribution in [0.25, 0.3) is 11.1 Å². The lowest BCUT2D eigenvalue weighted by atomic mass is 10.1. The number of benzene rings is 1. The van der Waals surface area contributed by atoms with E-state index in [-0.39, 0.29) is 0 Å². The molecule has 0 fully saturated rings.